The van der Waals surface area contributed by atoms with Gasteiger partial charge < -0.3 is 0 Å². The highest BCUT2D eigenvalue weighted by molar-refractivity contribution is 6.31. The number of hydrogen-bond donors (Lipinski definition) is 0. The predicted molar refractivity (Wildman–Crippen MR) is 93.5 cm³/mol. The molecule has 112 valence electrons. The monoisotopic (exact) mass is 319 g/mol. The fraction of sp³-hybridized carbons (Fsp3) is 0.0526. The largest absolute Gasteiger partial charge is 0.260 e. The average Bonchev–Trinajstić information content (AvgIpc) is 2.98. The van der Waals surface area contributed by atoms with Crippen LogP contribution < -0.4 is 0 Å². The fourth-order valence-electron chi connectivity index (χ4n) is 2.65. The van der Waals surface area contributed by atoms with Gasteiger partial charge >= 0.3 is 0 Å². The van der Waals surface area contributed by atoms with Crippen molar-refractivity contribution in [3.8, 4) is 11.3 Å². The molecular formula is C19H14ClN3. The van der Waals surface area contributed by atoms with Crippen molar-refractivity contribution in [2.75, 3.05) is 0 Å². The van der Waals surface area contributed by atoms with Crippen LogP contribution in [0.4, 0.5) is 0 Å². The van der Waals surface area contributed by atoms with Gasteiger partial charge in [-0.15, -0.1) is 0 Å². The molecule has 0 aliphatic heterocycles. The van der Waals surface area contributed by atoms with Gasteiger partial charge in [0.15, 0.2) is 0 Å². The molecule has 4 heteroatoms. The first-order valence-corrected chi connectivity index (χ1v) is 7.79. The fourth-order valence-corrected chi connectivity index (χ4v) is 2.84. The zero-order valence-corrected chi connectivity index (χ0v) is 13.1. The van der Waals surface area contributed by atoms with Crippen LogP contribution in [0.2, 0.25) is 5.02 Å². The maximum Gasteiger partial charge on any atom is 0.0702 e. The maximum absolute atomic E-state index is 6.02. The molecule has 0 saturated heterocycles. The third-order valence-electron chi connectivity index (χ3n) is 3.83. The van der Waals surface area contributed by atoms with E-state index in [4.69, 9.17) is 11.6 Å². The van der Waals surface area contributed by atoms with Crippen molar-refractivity contribution in [2.45, 2.75) is 6.54 Å². The highest BCUT2D eigenvalue weighted by Crippen LogP contribution is 2.20. The molecule has 4 aromatic rings. The molecule has 0 aliphatic carbocycles. The number of halogens is 1. The first-order valence-electron chi connectivity index (χ1n) is 7.41. The van der Waals surface area contributed by atoms with Crippen molar-refractivity contribution in [3.63, 3.8) is 0 Å². The van der Waals surface area contributed by atoms with Gasteiger partial charge in [0.25, 0.3) is 0 Å². The Morgan fingerprint density at radius 2 is 1.78 bits per heavy atom. The highest BCUT2D eigenvalue weighted by Gasteiger charge is 2.05. The predicted octanol–water partition coefficient (Wildman–Crippen LogP) is 4.80. The summed E-state index contributed by atoms with van der Waals surface area (Å²) in [7, 11) is 0. The Morgan fingerprint density at radius 1 is 0.913 bits per heavy atom. The summed E-state index contributed by atoms with van der Waals surface area (Å²) in [5.41, 5.74) is 4.29. The molecule has 4 rings (SSSR count). The molecule has 0 bridgehead atoms. The second-order valence-electron chi connectivity index (χ2n) is 5.42. The van der Waals surface area contributed by atoms with Crippen LogP contribution in [0.1, 0.15) is 5.56 Å². The van der Waals surface area contributed by atoms with Crippen LogP contribution in [-0.2, 0) is 6.54 Å². The third-order valence-corrected chi connectivity index (χ3v) is 4.07. The normalized spacial score (nSPS) is 11.0. The van der Waals surface area contributed by atoms with Crippen molar-refractivity contribution in [3.05, 3.63) is 83.6 Å². The molecule has 0 atom stereocenters. The Morgan fingerprint density at radius 3 is 2.57 bits per heavy atom. The summed E-state index contributed by atoms with van der Waals surface area (Å²) in [5.74, 6) is 0. The Kier molecular flexibility index (Phi) is 3.56. The lowest BCUT2D eigenvalue weighted by molar-refractivity contribution is 0.710. The second kappa shape index (κ2) is 5.86. The van der Waals surface area contributed by atoms with E-state index in [1.807, 2.05) is 59.5 Å². The first-order chi connectivity index (χ1) is 11.3. The summed E-state index contributed by atoms with van der Waals surface area (Å²) in [5, 5.41) is 6.22. The third kappa shape index (κ3) is 2.83. The zero-order chi connectivity index (χ0) is 15.6. The van der Waals surface area contributed by atoms with E-state index in [1.54, 1.807) is 0 Å². The van der Waals surface area contributed by atoms with E-state index in [1.165, 1.54) is 0 Å². The lowest BCUT2D eigenvalue weighted by Crippen LogP contribution is -2.01. The van der Waals surface area contributed by atoms with E-state index in [0.29, 0.717) is 6.54 Å². The highest BCUT2D eigenvalue weighted by atomic mass is 35.5. The van der Waals surface area contributed by atoms with Gasteiger partial charge in [-0.25, -0.2) is 0 Å². The molecule has 23 heavy (non-hydrogen) atoms. The Bertz CT molecular complexity index is 943. The van der Waals surface area contributed by atoms with E-state index < -0.39 is 0 Å². The summed E-state index contributed by atoms with van der Waals surface area (Å²) >= 11 is 6.02. The maximum atomic E-state index is 6.02. The van der Waals surface area contributed by atoms with Gasteiger partial charge in [-0.2, -0.15) is 5.10 Å². The summed E-state index contributed by atoms with van der Waals surface area (Å²) in [4.78, 5) is 4.56. The molecule has 0 fully saturated rings. The minimum Gasteiger partial charge on any atom is -0.260 e. The van der Waals surface area contributed by atoms with Gasteiger partial charge in [0, 0.05) is 22.2 Å². The first kappa shape index (κ1) is 14.0. The summed E-state index contributed by atoms with van der Waals surface area (Å²) < 4.78 is 1.96. The van der Waals surface area contributed by atoms with E-state index >= 15 is 0 Å². The number of nitrogens with zero attached hydrogens (tertiary/aromatic N) is 3. The Balaban J connectivity index is 1.61. The van der Waals surface area contributed by atoms with Gasteiger partial charge in [-0.05, 0) is 29.8 Å². The van der Waals surface area contributed by atoms with Gasteiger partial charge in [0.1, 0.15) is 0 Å². The number of hydrogen-bond acceptors (Lipinski definition) is 2. The van der Waals surface area contributed by atoms with Crippen LogP contribution in [0.5, 0.6) is 0 Å². The van der Waals surface area contributed by atoms with E-state index in [2.05, 4.69) is 28.3 Å². The van der Waals surface area contributed by atoms with Crippen LogP contribution in [0, 0.1) is 0 Å². The summed E-state index contributed by atoms with van der Waals surface area (Å²) in [6.45, 7) is 0.688. The Hall–Kier alpha value is -2.65. The van der Waals surface area contributed by atoms with Gasteiger partial charge in [0.2, 0.25) is 0 Å². The zero-order valence-electron chi connectivity index (χ0n) is 12.4. The molecule has 0 N–H and O–H groups in total. The van der Waals surface area contributed by atoms with Crippen molar-refractivity contribution in [1.82, 2.24) is 14.8 Å². The van der Waals surface area contributed by atoms with Gasteiger partial charge in [-0.1, -0.05) is 48.0 Å². The average molecular weight is 320 g/mol. The minimum atomic E-state index is 0.688. The molecule has 0 radical (unpaired) electrons. The van der Waals surface area contributed by atoms with Crippen molar-refractivity contribution in [2.24, 2.45) is 0 Å². The molecule has 0 amide bonds. The van der Waals surface area contributed by atoms with Crippen LogP contribution in [0.3, 0.4) is 0 Å². The minimum absolute atomic E-state index is 0.688. The molecule has 0 saturated carbocycles. The standard InChI is InChI=1S/C19H14ClN3/c20-17-7-9-19-16(10-17)12-22-23(19)13-14-6-8-18(21-11-14)15-4-2-1-3-5-15/h1-12H,13H2. The number of rotatable bonds is 3. The van der Waals surface area contributed by atoms with Crippen LogP contribution in [0.25, 0.3) is 22.2 Å². The van der Waals surface area contributed by atoms with Gasteiger partial charge in [-0.3, -0.25) is 9.67 Å². The molecule has 2 aromatic carbocycles. The lowest BCUT2D eigenvalue weighted by atomic mass is 10.1. The van der Waals surface area contributed by atoms with Crippen molar-refractivity contribution >= 4 is 22.5 Å². The molecule has 0 aliphatic rings. The van der Waals surface area contributed by atoms with Crippen LogP contribution in [-0.4, -0.2) is 14.8 Å². The number of pyridine rings is 1. The number of aromatic nitrogens is 3. The lowest BCUT2D eigenvalue weighted by Gasteiger charge is -2.05. The quantitative estimate of drug-likeness (QED) is 0.543. The van der Waals surface area contributed by atoms with Crippen LogP contribution >= 0.6 is 11.6 Å². The SMILES string of the molecule is Clc1ccc2c(cnn2Cc2ccc(-c3ccccc3)nc2)c1. The molecule has 0 unspecified atom stereocenters. The van der Waals surface area contributed by atoms with E-state index in [-0.39, 0.29) is 0 Å². The van der Waals surface area contributed by atoms with Crippen LogP contribution in [0.15, 0.2) is 73.1 Å². The smallest absolute Gasteiger partial charge is 0.0702 e. The topological polar surface area (TPSA) is 30.7 Å². The molecule has 0 spiro atoms. The number of benzene rings is 2. The molecule has 2 aromatic heterocycles. The van der Waals surface area contributed by atoms with E-state index in [9.17, 15) is 0 Å². The van der Waals surface area contributed by atoms with Crippen molar-refractivity contribution < 1.29 is 0 Å². The molecule has 3 nitrogen and oxygen atoms in total. The summed E-state index contributed by atoms with van der Waals surface area (Å²) in [6.07, 6.45) is 3.75. The molecular weight excluding hydrogens is 306 g/mol. The Labute approximate surface area is 139 Å². The second-order valence-corrected chi connectivity index (χ2v) is 5.86. The summed E-state index contributed by atoms with van der Waals surface area (Å²) in [6, 6.07) is 20.1. The molecule has 2 heterocycles. The van der Waals surface area contributed by atoms with Crippen molar-refractivity contribution in [1.29, 1.82) is 0 Å². The number of fused-ring (bicyclic) bond motifs is 1. The van der Waals surface area contributed by atoms with E-state index in [0.717, 1.165) is 32.7 Å². The van der Waals surface area contributed by atoms with Gasteiger partial charge in [0.05, 0.1) is 24.0 Å².